The van der Waals surface area contributed by atoms with E-state index >= 15 is 0 Å². The van der Waals surface area contributed by atoms with E-state index in [1.54, 1.807) is 0 Å². The first-order chi connectivity index (χ1) is 8.22. The molecule has 2 heterocycles. The lowest BCUT2D eigenvalue weighted by Crippen LogP contribution is -2.40. The Kier molecular flexibility index (Phi) is 4.82. The van der Waals surface area contributed by atoms with Crippen LogP contribution in [-0.2, 0) is 0 Å². The largest absolute Gasteiger partial charge is 0.351 e. The summed E-state index contributed by atoms with van der Waals surface area (Å²) in [7, 11) is 0. The number of hydrogen-bond donors (Lipinski definition) is 1. The first-order valence-electron chi connectivity index (χ1n) is 6.00. The standard InChI is InChI=1S/C12H17Br2N3/c13-9-6-11(14)12(16-8-9)17-5-3-1-2-4-10(17)7-15/h6,8,10H,1-5,7,15H2. The van der Waals surface area contributed by atoms with Crippen LogP contribution in [0.1, 0.15) is 25.7 Å². The quantitative estimate of drug-likeness (QED) is 0.877. The van der Waals surface area contributed by atoms with Crippen molar-refractivity contribution >= 4 is 37.7 Å². The Bertz CT molecular complexity index is 384. The molecule has 0 saturated carbocycles. The van der Waals surface area contributed by atoms with Gasteiger partial charge in [0, 0.05) is 29.8 Å². The van der Waals surface area contributed by atoms with Crippen LogP contribution in [0.3, 0.4) is 0 Å². The second kappa shape index (κ2) is 6.16. The number of nitrogens with zero attached hydrogens (tertiary/aromatic N) is 2. The second-order valence-corrected chi connectivity index (χ2v) is 6.16. The molecule has 5 heteroatoms. The molecule has 0 spiro atoms. The van der Waals surface area contributed by atoms with Crippen LogP contribution in [0, 0.1) is 0 Å². The van der Waals surface area contributed by atoms with Crippen molar-refractivity contribution in [2.45, 2.75) is 31.7 Å². The van der Waals surface area contributed by atoms with E-state index < -0.39 is 0 Å². The lowest BCUT2D eigenvalue weighted by molar-refractivity contribution is 0.575. The van der Waals surface area contributed by atoms with E-state index in [-0.39, 0.29) is 0 Å². The normalized spacial score (nSPS) is 21.4. The predicted molar refractivity (Wildman–Crippen MR) is 78.3 cm³/mol. The number of hydrogen-bond acceptors (Lipinski definition) is 3. The number of rotatable bonds is 2. The van der Waals surface area contributed by atoms with Gasteiger partial charge in [-0.25, -0.2) is 4.98 Å². The highest BCUT2D eigenvalue weighted by Crippen LogP contribution is 2.30. The van der Waals surface area contributed by atoms with Gasteiger partial charge in [-0.05, 0) is 50.8 Å². The number of anilines is 1. The van der Waals surface area contributed by atoms with Gasteiger partial charge in [-0.2, -0.15) is 0 Å². The van der Waals surface area contributed by atoms with Crippen LogP contribution in [0.5, 0.6) is 0 Å². The van der Waals surface area contributed by atoms with Crippen molar-refractivity contribution in [1.82, 2.24) is 4.98 Å². The SMILES string of the molecule is NCC1CCCCCN1c1ncc(Br)cc1Br. The van der Waals surface area contributed by atoms with Gasteiger partial charge in [0.1, 0.15) is 5.82 Å². The third kappa shape index (κ3) is 3.20. The average Bonchev–Trinajstić information content (AvgIpc) is 2.54. The van der Waals surface area contributed by atoms with E-state index in [1.807, 2.05) is 12.3 Å². The second-order valence-electron chi connectivity index (χ2n) is 4.39. The predicted octanol–water partition coefficient (Wildman–Crippen LogP) is 3.31. The Morgan fingerprint density at radius 3 is 2.88 bits per heavy atom. The monoisotopic (exact) mass is 361 g/mol. The van der Waals surface area contributed by atoms with Crippen LogP contribution in [0.4, 0.5) is 5.82 Å². The molecule has 3 nitrogen and oxygen atoms in total. The highest BCUT2D eigenvalue weighted by atomic mass is 79.9. The molecule has 1 aromatic heterocycles. The molecule has 1 aliphatic heterocycles. The van der Waals surface area contributed by atoms with Gasteiger partial charge in [-0.15, -0.1) is 0 Å². The van der Waals surface area contributed by atoms with Gasteiger partial charge in [-0.1, -0.05) is 12.8 Å². The minimum atomic E-state index is 0.419. The third-order valence-corrected chi connectivity index (χ3v) is 4.23. The van der Waals surface area contributed by atoms with Gasteiger partial charge >= 0.3 is 0 Å². The van der Waals surface area contributed by atoms with Gasteiger partial charge in [0.2, 0.25) is 0 Å². The summed E-state index contributed by atoms with van der Waals surface area (Å²) in [5, 5.41) is 0. The number of aromatic nitrogens is 1. The maximum atomic E-state index is 5.89. The zero-order chi connectivity index (χ0) is 12.3. The Morgan fingerprint density at radius 2 is 2.18 bits per heavy atom. The Morgan fingerprint density at radius 1 is 1.35 bits per heavy atom. The number of halogens is 2. The van der Waals surface area contributed by atoms with E-state index in [4.69, 9.17) is 5.73 Å². The van der Waals surface area contributed by atoms with E-state index in [9.17, 15) is 0 Å². The third-order valence-electron chi connectivity index (χ3n) is 3.21. The van der Waals surface area contributed by atoms with Crippen molar-refractivity contribution in [3.8, 4) is 0 Å². The van der Waals surface area contributed by atoms with E-state index in [2.05, 4.69) is 41.7 Å². The minimum Gasteiger partial charge on any atom is -0.351 e. The molecule has 0 aliphatic carbocycles. The highest BCUT2D eigenvalue weighted by Gasteiger charge is 2.22. The highest BCUT2D eigenvalue weighted by molar-refractivity contribution is 9.11. The lowest BCUT2D eigenvalue weighted by atomic mass is 10.1. The maximum Gasteiger partial charge on any atom is 0.143 e. The molecule has 0 amide bonds. The van der Waals surface area contributed by atoms with Gasteiger partial charge < -0.3 is 10.6 Å². The van der Waals surface area contributed by atoms with Crippen LogP contribution < -0.4 is 10.6 Å². The van der Waals surface area contributed by atoms with Crippen LogP contribution in [0.2, 0.25) is 0 Å². The summed E-state index contributed by atoms with van der Waals surface area (Å²) in [6.45, 7) is 1.75. The summed E-state index contributed by atoms with van der Waals surface area (Å²) in [6, 6.07) is 2.46. The summed E-state index contributed by atoms with van der Waals surface area (Å²) < 4.78 is 2.03. The Hall–Kier alpha value is -0.130. The lowest BCUT2D eigenvalue weighted by Gasteiger charge is -2.30. The van der Waals surface area contributed by atoms with E-state index in [1.165, 1.54) is 25.7 Å². The zero-order valence-electron chi connectivity index (χ0n) is 9.70. The van der Waals surface area contributed by atoms with Crippen molar-refractivity contribution in [1.29, 1.82) is 0 Å². The topological polar surface area (TPSA) is 42.1 Å². The molecule has 1 saturated heterocycles. The molecule has 17 heavy (non-hydrogen) atoms. The molecule has 1 fully saturated rings. The molecule has 94 valence electrons. The van der Waals surface area contributed by atoms with Gasteiger partial charge in [0.25, 0.3) is 0 Å². The molecule has 0 aromatic carbocycles. The van der Waals surface area contributed by atoms with Crippen molar-refractivity contribution in [2.24, 2.45) is 5.73 Å². The zero-order valence-corrected chi connectivity index (χ0v) is 12.9. The number of nitrogens with two attached hydrogens (primary N) is 1. The van der Waals surface area contributed by atoms with Gasteiger partial charge in [-0.3, -0.25) is 0 Å². The van der Waals surface area contributed by atoms with Crippen LogP contribution in [0.15, 0.2) is 21.2 Å². The molecule has 1 aromatic rings. The van der Waals surface area contributed by atoms with Crippen molar-refractivity contribution in [3.05, 3.63) is 21.2 Å². The molecule has 1 atom stereocenters. The molecule has 1 aliphatic rings. The number of pyridine rings is 1. The summed E-state index contributed by atoms with van der Waals surface area (Å²) in [5.74, 6) is 1.02. The Labute approximate surface area is 119 Å². The summed E-state index contributed by atoms with van der Waals surface area (Å²) in [6.07, 6.45) is 6.80. The summed E-state index contributed by atoms with van der Waals surface area (Å²) >= 11 is 7.02. The van der Waals surface area contributed by atoms with Crippen LogP contribution >= 0.6 is 31.9 Å². The fourth-order valence-corrected chi connectivity index (χ4v) is 3.54. The first-order valence-corrected chi connectivity index (χ1v) is 7.58. The van der Waals surface area contributed by atoms with Crippen LogP contribution in [0.25, 0.3) is 0 Å². The van der Waals surface area contributed by atoms with E-state index in [0.717, 1.165) is 21.3 Å². The average molecular weight is 363 g/mol. The molecule has 2 rings (SSSR count). The van der Waals surface area contributed by atoms with Crippen LogP contribution in [-0.4, -0.2) is 24.1 Å². The molecule has 1 unspecified atom stereocenters. The fourth-order valence-electron chi connectivity index (χ4n) is 2.32. The molecule has 0 radical (unpaired) electrons. The molecular weight excluding hydrogens is 346 g/mol. The van der Waals surface area contributed by atoms with Crippen molar-refractivity contribution in [3.63, 3.8) is 0 Å². The summed E-state index contributed by atoms with van der Waals surface area (Å²) in [4.78, 5) is 6.87. The first kappa shape index (κ1) is 13.3. The molecule has 2 N–H and O–H groups in total. The minimum absolute atomic E-state index is 0.419. The van der Waals surface area contributed by atoms with Crippen molar-refractivity contribution < 1.29 is 0 Å². The van der Waals surface area contributed by atoms with E-state index in [0.29, 0.717) is 12.6 Å². The Balaban J connectivity index is 2.28. The smallest absolute Gasteiger partial charge is 0.143 e. The van der Waals surface area contributed by atoms with Gasteiger partial charge in [0.15, 0.2) is 0 Å². The molecular formula is C12H17Br2N3. The summed E-state index contributed by atoms with van der Waals surface area (Å²) in [5.41, 5.74) is 5.89. The fraction of sp³-hybridized carbons (Fsp3) is 0.583. The van der Waals surface area contributed by atoms with Gasteiger partial charge in [0.05, 0.1) is 4.47 Å². The maximum absolute atomic E-state index is 5.89. The molecule has 0 bridgehead atoms. The van der Waals surface area contributed by atoms with Crippen molar-refractivity contribution in [2.75, 3.05) is 18.0 Å².